The Bertz CT molecular complexity index is 709. The number of carbonyl (C=O) groups is 1. The summed E-state index contributed by atoms with van der Waals surface area (Å²) in [5.41, 5.74) is 3.87. The Balaban J connectivity index is 2.13. The molecule has 0 aliphatic rings. The predicted molar refractivity (Wildman–Crippen MR) is 85.6 cm³/mol. The molecule has 0 saturated heterocycles. The van der Waals surface area contributed by atoms with E-state index >= 15 is 0 Å². The van der Waals surface area contributed by atoms with E-state index in [-0.39, 0.29) is 5.76 Å². The number of hydrogen-bond acceptors (Lipinski definition) is 5. The highest BCUT2D eigenvalue weighted by Gasteiger charge is 2.10. The second kappa shape index (κ2) is 7.13. The van der Waals surface area contributed by atoms with E-state index in [2.05, 4.69) is 26.5 Å². The standard InChI is InChI=1S/C15H15BrN2O4/c1-9(10-4-5-11(20-2)13(8-10)21-3)17-18-15(19)12-6-7-14(16)22-12/h4-8H,1-3H3,(H,18,19)/b17-9+. The van der Waals surface area contributed by atoms with Crippen molar-refractivity contribution in [3.8, 4) is 11.5 Å². The van der Waals surface area contributed by atoms with Gasteiger partial charge in [-0.2, -0.15) is 5.10 Å². The van der Waals surface area contributed by atoms with E-state index in [0.717, 1.165) is 5.56 Å². The van der Waals surface area contributed by atoms with Gasteiger partial charge in [0.05, 0.1) is 19.9 Å². The molecule has 1 aromatic heterocycles. The minimum Gasteiger partial charge on any atom is -0.493 e. The normalized spacial score (nSPS) is 11.2. The quantitative estimate of drug-likeness (QED) is 0.651. The van der Waals surface area contributed by atoms with Crippen LogP contribution in [-0.2, 0) is 0 Å². The number of furan rings is 1. The Hall–Kier alpha value is -2.28. The SMILES string of the molecule is COc1ccc(/C(C)=N/NC(=O)c2ccc(Br)o2)cc1OC. The third kappa shape index (κ3) is 3.67. The summed E-state index contributed by atoms with van der Waals surface area (Å²) in [6.45, 7) is 1.78. The largest absolute Gasteiger partial charge is 0.493 e. The maximum Gasteiger partial charge on any atom is 0.307 e. The molecule has 0 aliphatic heterocycles. The summed E-state index contributed by atoms with van der Waals surface area (Å²) in [5, 5.41) is 4.06. The molecule has 1 amide bonds. The minimum absolute atomic E-state index is 0.177. The number of hydrazone groups is 1. The molecule has 7 heteroatoms. The summed E-state index contributed by atoms with van der Waals surface area (Å²) in [6, 6.07) is 8.59. The average molecular weight is 367 g/mol. The summed E-state index contributed by atoms with van der Waals surface area (Å²) in [5.74, 6) is 0.973. The molecule has 0 bridgehead atoms. The van der Waals surface area contributed by atoms with Crippen LogP contribution in [0.2, 0.25) is 0 Å². The van der Waals surface area contributed by atoms with Crippen LogP contribution in [0.5, 0.6) is 11.5 Å². The number of halogens is 1. The Morgan fingerprint density at radius 3 is 2.50 bits per heavy atom. The van der Waals surface area contributed by atoms with Crippen LogP contribution in [0.15, 0.2) is 44.5 Å². The van der Waals surface area contributed by atoms with Crippen LogP contribution in [-0.4, -0.2) is 25.8 Å². The van der Waals surface area contributed by atoms with E-state index in [0.29, 0.717) is 21.9 Å². The van der Waals surface area contributed by atoms with Crippen molar-refractivity contribution in [1.29, 1.82) is 0 Å². The molecule has 0 aliphatic carbocycles. The number of benzene rings is 1. The van der Waals surface area contributed by atoms with E-state index in [1.807, 2.05) is 6.07 Å². The highest BCUT2D eigenvalue weighted by Crippen LogP contribution is 2.27. The van der Waals surface area contributed by atoms with E-state index in [4.69, 9.17) is 13.9 Å². The van der Waals surface area contributed by atoms with Crippen LogP contribution in [0.25, 0.3) is 0 Å². The number of carbonyl (C=O) groups excluding carboxylic acids is 1. The molecular weight excluding hydrogens is 352 g/mol. The average Bonchev–Trinajstić information content (AvgIpc) is 2.98. The van der Waals surface area contributed by atoms with Crippen molar-refractivity contribution in [2.75, 3.05) is 14.2 Å². The van der Waals surface area contributed by atoms with Crippen LogP contribution < -0.4 is 14.9 Å². The van der Waals surface area contributed by atoms with Gasteiger partial charge in [-0.15, -0.1) is 0 Å². The third-order valence-electron chi connectivity index (χ3n) is 2.92. The van der Waals surface area contributed by atoms with Gasteiger partial charge in [-0.05, 0) is 53.2 Å². The second-order valence-electron chi connectivity index (χ2n) is 4.31. The van der Waals surface area contributed by atoms with Crippen LogP contribution in [0.4, 0.5) is 0 Å². The first-order valence-corrected chi connectivity index (χ1v) is 7.17. The molecule has 116 valence electrons. The van der Waals surface area contributed by atoms with E-state index in [9.17, 15) is 4.79 Å². The van der Waals surface area contributed by atoms with Crippen molar-refractivity contribution in [3.05, 3.63) is 46.3 Å². The lowest BCUT2D eigenvalue weighted by molar-refractivity contribution is 0.0926. The molecule has 1 heterocycles. The fourth-order valence-electron chi connectivity index (χ4n) is 1.75. The summed E-state index contributed by atoms with van der Waals surface area (Å²) in [4.78, 5) is 11.8. The van der Waals surface area contributed by atoms with Crippen LogP contribution in [0, 0.1) is 0 Å². The first-order chi connectivity index (χ1) is 10.5. The smallest absolute Gasteiger partial charge is 0.307 e. The second-order valence-corrected chi connectivity index (χ2v) is 5.09. The molecule has 2 rings (SSSR count). The number of amides is 1. The van der Waals surface area contributed by atoms with Gasteiger partial charge < -0.3 is 13.9 Å². The molecule has 6 nitrogen and oxygen atoms in total. The molecule has 0 saturated carbocycles. The molecular formula is C15H15BrN2O4. The highest BCUT2D eigenvalue weighted by atomic mass is 79.9. The van der Waals surface area contributed by atoms with Gasteiger partial charge in [0, 0.05) is 5.56 Å². The molecule has 2 aromatic rings. The predicted octanol–water partition coefficient (Wildman–Crippen LogP) is 3.21. The number of rotatable bonds is 5. The van der Waals surface area contributed by atoms with E-state index < -0.39 is 5.91 Å². The zero-order chi connectivity index (χ0) is 16.1. The summed E-state index contributed by atoms with van der Waals surface area (Å²) >= 11 is 3.14. The van der Waals surface area contributed by atoms with Gasteiger partial charge in [0.25, 0.3) is 0 Å². The number of nitrogens with zero attached hydrogens (tertiary/aromatic N) is 1. The summed E-state index contributed by atoms with van der Waals surface area (Å²) in [7, 11) is 3.13. The maximum absolute atomic E-state index is 11.8. The minimum atomic E-state index is -0.425. The zero-order valence-electron chi connectivity index (χ0n) is 12.3. The van der Waals surface area contributed by atoms with Gasteiger partial charge >= 0.3 is 5.91 Å². The van der Waals surface area contributed by atoms with Gasteiger partial charge in [-0.25, -0.2) is 5.43 Å². The lowest BCUT2D eigenvalue weighted by Crippen LogP contribution is -2.18. The van der Waals surface area contributed by atoms with Crippen LogP contribution in [0.1, 0.15) is 23.0 Å². The highest BCUT2D eigenvalue weighted by molar-refractivity contribution is 9.10. The number of ether oxygens (including phenoxy) is 2. The summed E-state index contributed by atoms with van der Waals surface area (Å²) in [6.07, 6.45) is 0. The Labute approximate surface area is 136 Å². The van der Waals surface area contributed by atoms with Crippen molar-refractivity contribution in [1.82, 2.24) is 5.43 Å². The lowest BCUT2D eigenvalue weighted by Gasteiger charge is -2.09. The van der Waals surface area contributed by atoms with Crippen LogP contribution in [0.3, 0.4) is 0 Å². The first kappa shape index (κ1) is 16.1. The van der Waals surface area contributed by atoms with Crippen LogP contribution >= 0.6 is 15.9 Å². The molecule has 0 spiro atoms. The van der Waals surface area contributed by atoms with Gasteiger partial charge in [0.1, 0.15) is 0 Å². The molecule has 0 radical (unpaired) electrons. The van der Waals surface area contributed by atoms with Gasteiger partial charge in [0.15, 0.2) is 21.9 Å². The van der Waals surface area contributed by atoms with Crippen molar-refractivity contribution in [2.24, 2.45) is 5.10 Å². The van der Waals surface area contributed by atoms with Gasteiger partial charge in [0.2, 0.25) is 0 Å². The Kier molecular flexibility index (Phi) is 5.21. The topological polar surface area (TPSA) is 73.1 Å². The Morgan fingerprint density at radius 1 is 1.18 bits per heavy atom. The fraction of sp³-hybridized carbons (Fsp3) is 0.200. The molecule has 22 heavy (non-hydrogen) atoms. The monoisotopic (exact) mass is 366 g/mol. The Morgan fingerprint density at radius 2 is 1.91 bits per heavy atom. The number of hydrogen-bond donors (Lipinski definition) is 1. The van der Waals surface area contributed by atoms with Crippen molar-refractivity contribution in [2.45, 2.75) is 6.92 Å². The van der Waals surface area contributed by atoms with Crippen molar-refractivity contribution < 1.29 is 18.7 Å². The zero-order valence-corrected chi connectivity index (χ0v) is 13.9. The lowest BCUT2D eigenvalue weighted by atomic mass is 10.1. The van der Waals surface area contributed by atoms with Crippen molar-refractivity contribution in [3.63, 3.8) is 0 Å². The first-order valence-electron chi connectivity index (χ1n) is 6.37. The maximum atomic E-state index is 11.8. The third-order valence-corrected chi connectivity index (χ3v) is 3.35. The molecule has 1 aromatic carbocycles. The molecule has 0 fully saturated rings. The van der Waals surface area contributed by atoms with Crippen molar-refractivity contribution >= 4 is 27.5 Å². The van der Waals surface area contributed by atoms with E-state index in [1.54, 1.807) is 45.4 Å². The molecule has 0 atom stereocenters. The van der Waals surface area contributed by atoms with Gasteiger partial charge in [-0.1, -0.05) is 0 Å². The molecule has 0 unspecified atom stereocenters. The number of nitrogens with one attached hydrogen (secondary N) is 1. The number of methoxy groups -OCH3 is 2. The molecule has 1 N–H and O–H groups in total. The van der Waals surface area contributed by atoms with Gasteiger partial charge in [-0.3, -0.25) is 4.79 Å². The van der Waals surface area contributed by atoms with E-state index in [1.165, 1.54) is 0 Å². The fourth-order valence-corrected chi connectivity index (χ4v) is 2.06. The summed E-state index contributed by atoms with van der Waals surface area (Å²) < 4.78 is 16.0.